The smallest absolute Gasteiger partial charge is 0.161 e. The predicted octanol–water partition coefficient (Wildman–Crippen LogP) is 5.75. The van der Waals surface area contributed by atoms with E-state index in [1.165, 1.54) is 0 Å². The summed E-state index contributed by atoms with van der Waals surface area (Å²) in [5.41, 5.74) is 6.15. The fourth-order valence-corrected chi connectivity index (χ4v) is 3.69. The maximum atomic E-state index is 12.5. The van der Waals surface area contributed by atoms with Crippen LogP contribution in [0.25, 0.3) is 16.9 Å². The highest BCUT2D eigenvalue weighted by atomic mass is 35.5. The fourth-order valence-electron chi connectivity index (χ4n) is 3.57. The molecule has 0 aliphatic rings. The van der Waals surface area contributed by atoms with Crippen molar-refractivity contribution in [2.45, 2.75) is 34.1 Å². The number of ketones is 2. The zero-order valence-electron chi connectivity index (χ0n) is 16.0. The maximum Gasteiger partial charge on any atom is 0.161 e. The topological polar surface area (TPSA) is 39.1 Å². The van der Waals surface area contributed by atoms with Gasteiger partial charge in [-0.1, -0.05) is 41.4 Å². The zero-order valence-corrected chi connectivity index (χ0v) is 16.7. The number of nitrogens with zero attached hydrogens (tertiary/aromatic N) is 1. The molecule has 3 nitrogen and oxygen atoms in total. The number of carbonyl (C=O) groups is 2. The van der Waals surface area contributed by atoms with Crippen LogP contribution >= 0.6 is 11.6 Å². The number of halogens is 1. The van der Waals surface area contributed by atoms with Crippen molar-refractivity contribution < 1.29 is 9.59 Å². The Balaban J connectivity index is 2.40. The fraction of sp³-hybridized carbons (Fsp3) is 0.217. The molecule has 0 amide bonds. The van der Waals surface area contributed by atoms with Gasteiger partial charge in [0.25, 0.3) is 0 Å². The molecule has 0 fully saturated rings. The summed E-state index contributed by atoms with van der Waals surface area (Å²) < 4.78 is 2.05. The molecule has 0 saturated heterocycles. The summed E-state index contributed by atoms with van der Waals surface area (Å²) in [4.78, 5) is 24.4. The van der Waals surface area contributed by atoms with Crippen LogP contribution in [-0.4, -0.2) is 16.1 Å². The van der Waals surface area contributed by atoms with Crippen LogP contribution in [0.2, 0.25) is 5.02 Å². The van der Waals surface area contributed by atoms with Crippen molar-refractivity contribution in [1.82, 2.24) is 4.57 Å². The van der Waals surface area contributed by atoms with Gasteiger partial charge < -0.3 is 4.57 Å². The summed E-state index contributed by atoms with van der Waals surface area (Å²) in [5, 5.41) is 0.649. The first-order valence-electron chi connectivity index (χ1n) is 8.87. The summed E-state index contributed by atoms with van der Waals surface area (Å²) >= 11 is 6.06. The summed E-state index contributed by atoms with van der Waals surface area (Å²) in [7, 11) is 0. The number of carbonyl (C=O) groups excluding carboxylic acids is 2. The lowest BCUT2D eigenvalue weighted by Gasteiger charge is -2.14. The molecular formula is C23H22ClNO2. The van der Waals surface area contributed by atoms with Crippen LogP contribution in [0.3, 0.4) is 0 Å². The van der Waals surface area contributed by atoms with Gasteiger partial charge >= 0.3 is 0 Å². The van der Waals surface area contributed by atoms with Crippen LogP contribution in [0.15, 0.2) is 48.5 Å². The van der Waals surface area contributed by atoms with Gasteiger partial charge in [-0.05, 0) is 63.1 Å². The number of Topliss-reactive ketones (excluding diaryl/α,β-unsaturated/α-hetero) is 2. The average molecular weight is 380 g/mol. The minimum Gasteiger partial charge on any atom is -0.313 e. The number of aromatic nitrogens is 1. The van der Waals surface area contributed by atoms with Crippen molar-refractivity contribution in [2.75, 3.05) is 0 Å². The Hall–Kier alpha value is -2.65. The summed E-state index contributed by atoms with van der Waals surface area (Å²) in [6.45, 7) is 7.06. The van der Waals surface area contributed by atoms with E-state index in [0.717, 1.165) is 33.8 Å². The van der Waals surface area contributed by atoms with Crippen LogP contribution in [0.5, 0.6) is 0 Å². The molecule has 1 heterocycles. The van der Waals surface area contributed by atoms with Gasteiger partial charge in [0.05, 0.1) is 5.69 Å². The molecule has 3 aromatic rings. The Morgan fingerprint density at radius 1 is 0.926 bits per heavy atom. The Morgan fingerprint density at radius 3 is 2.04 bits per heavy atom. The van der Waals surface area contributed by atoms with Crippen molar-refractivity contribution in [3.05, 3.63) is 75.9 Å². The Bertz CT molecular complexity index is 1010. The standard InChI is InChI=1S/C23H22ClNO2/c1-14-5-7-18(8-6-14)23-21(13-15(2)26)22(17(4)27)16(3)25(23)20-11-9-19(24)10-12-20/h5-12H,13H2,1-4H3. The Kier molecular flexibility index (Phi) is 5.33. The second-order valence-electron chi connectivity index (χ2n) is 6.90. The quantitative estimate of drug-likeness (QED) is 0.529. The predicted molar refractivity (Wildman–Crippen MR) is 110 cm³/mol. The lowest BCUT2D eigenvalue weighted by atomic mass is 9.97. The summed E-state index contributed by atoms with van der Waals surface area (Å²) in [6, 6.07) is 15.6. The van der Waals surface area contributed by atoms with Gasteiger partial charge in [-0.15, -0.1) is 0 Å². The Labute approximate surface area is 164 Å². The van der Waals surface area contributed by atoms with Crippen LogP contribution in [-0.2, 0) is 11.2 Å². The number of benzene rings is 2. The largest absolute Gasteiger partial charge is 0.313 e. The first-order chi connectivity index (χ1) is 12.8. The van der Waals surface area contributed by atoms with E-state index in [-0.39, 0.29) is 18.0 Å². The van der Waals surface area contributed by atoms with Crippen LogP contribution in [0.1, 0.15) is 41.0 Å². The third kappa shape index (κ3) is 3.74. The molecule has 0 saturated carbocycles. The highest BCUT2D eigenvalue weighted by Crippen LogP contribution is 2.35. The van der Waals surface area contributed by atoms with Gasteiger partial charge in [0.1, 0.15) is 5.78 Å². The van der Waals surface area contributed by atoms with E-state index in [4.69, 9.17) is 11.6 Å². The van der Waals surface area contributed by atoms with Crippen molar-refractivity contribution in [2.24, 2.45) is 0 Å². The van der Waals surface area contributed by atoms with Crippen LogP contribution < -0.4 is 0 Å². The third-order valence-corrected chi connectivity index (χ3v) is 4.95. The number of hydrogen-bond donors (Lipinski definition) is 0. The maximum absolute atomic E-state index is 12.5. The second kappa shape index (κ2) is 7.53. The van der Waals surface area contributed by atoms with E-state index in [0.29, 0.717) is 10.6 Å². The number of rotatable bonds is 5. The molecule has 3 rings (SSSR count). The molecule has 0 spiro atoms. The van der Waals surface area contributed by atoms with E-state index < -0.39 is 0 Å². The average Bonchev–Trinajstić information content (AvgIpc) is 2.88. The highest BCUT2D eigenvalue weighted by molar-refractivity contribution is 6.30. The molecule has 2 aromatic carbocycles. The van der Waals surface area contributed by atoms with E-state index in [2.05, 4.69) is 4.57 Å². The van der Waals surface area contributed by atoms with Crippen LogP contribution in [0.4, 0.5) is 0 Å². The van der Waals surface area contributed by atoms with Gasteiger partial charge in [-0.3, -0.25) is 9.59 Å². The van der Waals surface area contributed by atoms with Crippen molar-refractivity contribution in [3.8, 4) is 16.9 Å². The molecule has 0 bridgehead atoms. The number of aryl methyl sites for hydroxylation is 1. The third-order valence-electron chi connectivity index (χ3n) is 4.70. The van der Waals surface area contributed by atoms with E-state index in [1.54, 1.807) is 13.8 Å². The van der Waals surface area contributed by atoms with E-state index in [9.17, 15) is 9.59 Å². The SMILES string of the molecule is CC(=O)Cc1c(C(C)=O)c(C)n(-c2ccc(Cl)cc2)c1-c1ccc(C)cc1. The monoisotopic (exact) mass is 379 g/mol. The Morgan fingerprint density at radius 2 is 1.52 bits per heavy atom. The molecule has 0 atom stereocenters. The molecule has 1 aromatic heterocycles. The molecule has 0 aliphatic heterocycles. The van der Waals surface area contributed by atoms with Gasteiger partial charge in [-0.25, -0.2) is 0 Å². The van der Waals surface area contributed by atoms with Gasteiger partial charge in [0, 0.05) is 28.4 Å². The van der Waals surface area contributed by atoms with Crippen molar-refractivity contribution in [1.29, 1.82) is 0 Å². The molecule has 27 heavy (non-hydrogen) atoms. The summed E-state index contributed by atoms with van der Waals surface area (Å²) in [5.74, 6) is -0.0102. The van der Waals surface area contributed by atoms with Gasteiger partial charge in [0.2, 0.25) is 0 Å². The summed E-state index contributed by atoms with van der Waals surface area (Å²) in [6.07, 6.45) is 0.222. The molecule has 0 radical (unpaired) electrons. The second-order valence-corrected chi connectivity index (χ2v) is 7.34. The first-order valence-corrected chi connectivity index (χ1v) is 9.25. The van der Waals surface area contributed by atoms with Gasteiger partial charge in [0.15, 0.2) is 5.78 Å². The highest BCUT2D eigenvalue weighted by Gasteiger charge is 2.25. The van der Waals surface area contributed by atoms with Crippen molar-refractivity contribution in [3.63, 3.8) is 0 Å². The molecule has 0 unspecified atom stereocenters. The first kappa shape index (κ1) is 19.1. The van der Waals surface area contributed by atoms with E-state index >= 15 is 0 Å². The zero-order chi connectivity index (χ0) is 19.7. The lowest BCUT2D eigenvalue weighted by molar-refractivity contribution is -0.116. The van der Waals surface area contributed by atoms with E-state index in [1.807, 2.05) is 62.4 Å². The van der Waals surface area contributed by atoms with Crippen molar-refractivity contribution >= 4 is 23.2 Å². The molecule has 138 valence electrons. The van der Waals surface area contributed by atoms with Gasteiger partial charge in [-0.2, -0.15) is 0 Å². The minimum absolute atomic E-state index is 0.0270. The lowest BCUT2D eigenvalue weighted by Crippen LogP contribution is -2.04. The molecule has 0 N–H and O–H groups in total. The molecule has 0 aliphatic carbocycles. The van der Waals surface area contributed by atoms with Crippen LogP contribution in [0, 0.1) is 13.8 Å². The number of hydrogen-bond acceptors (Lipinski definition) is 2. The molecule has 4 heteroatoms. The molecular weight excluding hydrogens is 358 g/mol. The minimum atomic E-state index is -0.0372. The normalized spacial score (nSPS) is 10.9.